The Hall–Kier alpha value is -1.29. The Morgan fingerprint density at radius 2 is 1.16 bits per heavy atom. The van der Waals surface area contributed by atoms with Gasteiger partial charge in [-0.15, -0.1) is 0 Å². The summed E-state index contributed by atoms with van der Waals surface area (Å²) in [6.07, 6.45) is 22.0. The molecular weight excluding hydrogens is 575 g/mol. The maximum Gasteiger partial charge on any atom is 0.472 e. The molecule has 0 heterocycles. The molecule has 0 amide bonds. The van der Waals surface area contributed by atoms with Gasteiger partial charge in [0.25, 0.3) is 0 Å². The minimum Gasteiger partial charge on any atom is -0.462 e. The molecule has 0 saturated heterocycles. The van der Waals surface area contributed by atoms with Gasteiger partial charge in [-0.05, 0) is 32.1 Å². The van der Waals surface area contributed by atoms with Crippen LogP contribution >= 0.6 is 7.82 Å². The van der Waals surface area contributed by atoms with Crippen LogP contribution in [0.2, 0.25) is 0 Å². The van der Waals surface area contributed by atoms with Crippen LogP contribution in [-0.2, 0) is 32.7 Å². The number of esters is 2. The van der Waals surface area contributed by atoms with Crippen molar-refractivity contribution in [3.63, 3.8) is 0 Å². The Morgan fingerprint density at radius 3 is 1.74 bits per heavy atom. The zero-order valence-electron chi connectivity index (χ0n) is 26.9. The number of allylic oxidation sites excluding steroid dienone is 2. The molecule has 0 radical (unpaired) electrons. The second kappa shape index (κ2) is 29.4. The Bertz CT molecular complexity index is 746. The highest BCUT2D eigenvalue weighted by molar-refractivity contribution is 7.47. The Morgan fingerprint density at radius 1 is 0.674 bits per heavy atom. The number of aliphatic hydroxyl groups excluding tert-OH is 2. The van der Waals surface area contributed by atoms with Crippen molar-refractivity contribution < 1.29 is 47.8 Å². The van der Waals surface area contributed by atoms with E-state index in [1.807, 2.05) is 0 Å². The van der Waals surface area contributed by atoms with Crippen LogP contribution in [0, 0.1) is 0 Å². The second-order valence-electron chi connectivity index (χ2n) is 11.2. The molecule has 11 heteroatoms. The van der Waals surface area contributed by atoms with Gasteiger partial charge in [-0.1, -0.05) is 109 Å². The molecule has 1 unspecified atom stereocenters. The van der Waals surface area contributed by atoms with E-state index in [4.69, 9.17) is 19.1 Å². The van der Waals surface area contributed by atoms with Crippen molar-refractivity contribution in [2.24, 2.45) is 0 Å². The SMILES string of the molecule is CCCC/C=C\CCCCCCCC(=O)O[C@H](COC(=O)CCCCCCCCCCC)COP(=O)(O)OC[C@@H](O)CO. The highest BCUT2D eigenvalue weighted by Gasteiger charge is 2.27. The lowest BCUT2D eigenvalue weighted by Gasteiger charge is -2.20. The zero-order valence-corrected chi connectivity index (χ0v) is 27.8. The van der Waals surface area contributed by atoms with E-state index in [9.17, 15) is 24.2 Å². The fourth-order valence-corrected chi connectivity index (χ4v) is 5.06. The first-order valence-corrected chi connectivity index (χ1v) is 18.1. The molecule has 3 N–H and O–H groups in total. The number of phosphoric acid groups is 1. The third-order valence-electron chi connectivity index (χ3n) is 6.92. The number of phosphoric ester groups is 1. The second-order valence-corrected chi connectivity index (χ2v) is 12.6. The van der Waals surface area contributed by atoms with E-state index in [1.165, 1.54) is 44.9 Å². The minimum absolute atomic E-state index is 0.176. The average Bonchev–Trinajstić information content (AvgIpc) is 2.99. The number of hydrogen-bond acceptors (Lipinski definition) is 9. The fraction of sp³-hybridized carbons (Fsp3) is 0.875. The van der Waals surface area contributed by atoms with Crippen LogP contribution in [0.5, 0.6) is 0 Å². The van der Waals surface area contributed by atoms with Gasteiger partial charge in [0.1, 0.15) is 12.7 Å². The molecule has 0 fully saturated rings. The zero-order chi connectivity index (χ0) is 32.0. The van der Waals surface area contributed by atoms with Crippen LogP contribution in [0.1, 0.15) is 142 Å². The number of aliphatic hydroxyl groups is 2. The van der Waals surface area contributed by atoms with Crippen LogP contribution < -0.4 is 0 Å². The first kappa shape index (κ1) is 41.7. The van der Waals surface area contributed by atoms with Gasteiger partial charge in [0, 0.05) is 12.8 Å². The molecule has 0 saturated carbocycles. The molecule has 0 bridgehead atoms. The molecule has 10 nitrogen and oxygen atoms in total. The summed E-state index contributed by atoms with van der Waals surface area (Å²) in [7, 11) is -4.60. The summed E-state index contributed by atoms with van der Waals surface area (Å²) in [4.78, 5) is 34.5. The normalized spacial score (nSPS) is 14.4. The minimum atomic E-state index is -4.60. The van der Waals surface area contributed by atoms with Crippen molar-refractivity contribution in [3.8, 4) is 0 Å². The van der Waals surface area contributed by atoms with Crippen LogP contribution in [0.3, 0.4) is 0 Å². The van der Waals surface area contributed by atoms with E-state index in [0.29, 0.717) is 12.8 Å². The molecule has 3 atom stereocenters. The monoisotopic (exact) mass is 636 g/mol. The predicted octanol–water partition coefficient (Wildman–Crippen LogP) is 7.33. The fourth-order valence-electron chi connectivity index (χ4n) is 4.27. The molecule has 0 rings (SSSR count). The quantitative estimate of drug-likeness (QED) is 0.0306. The third-order valence-corrected chi connectivity index (χ3v) is 7.87. The number of ether oxygens (including phenoxy) is 2. The van der Waals surface area contributed by atoms with E-state index in [-0.39, 0.29) is 19.4 Å². The largest absolute Gasteiger partial charge is 0.472 e. The van der Waals surface area contributed by atoms with Crippen molar-refractivity contribution in [1.29, 1.82) is 0 Å². The Balaban J connectivity index is 4.46. The summed E-state index contributed by atoms with van der Waals surface area (Å²) in [5, 5.41) is 18.2. The third kappa shape index (κ3) is 29.2. The Kier molecular flexibility index (Phi) is 28.5. The predicted molar refractivity (Wildman–Crippen MR) is 168 cm³/mol. The first-order valence-electron chi connectivity index (χ1n) is 16.6. The molecule has 43 heavy (non-hydrogen) atoms. The molecule has 0 aromatic heterocycles. The number of hydrogen-bond donors (Lipinski definition) is 3. The topological polar surface area (TPSA) is 149 Å². The van der Waals surface area contributed by atoms with Crippen molar-refractivity contribution in [2.45, 2.75) is 154 Å². The van der Waals surface area contributed by atoms with Crippen LogP contribution in [-0.4, -0.2) is 65.7 Å². The smallest absolute Gasteiger partial charge is 0.462 e. The van der Waals surface area contributed by atoms with Crippen molar-refractivity contribution in [1.82, 2.24) is 0 Å². The summed E-state index contributed by atoms with van der Waals surface area (Å²) in [5.74, 6) is -0.939. The van der Waals surface area contributed by atoms with Gasteiger partial charge in [-0.2, -0.15) is 0 Å². The number of carbonyl (C=O) groups excluding carboxylic acids is 2. The average molecular weight is 637 g/mol. The lowest BCUT2D eigenvalue weighted by Crippen LogP contribution is -2.29. The van der Waals surface area contributed by atoms with Crippen LogP contribution in [0.25, 0.3) is 0 Å². The summed E-state index contributed by atoms with van der Waals surface area (Å²) >= 11 is 0. The molecule has 0 spiro atoms. The molecule has 0 aliphatic carbocycles. The number of unbranched alkanes of at least 4 members (excludes halogenated alkanes) is 15. The van der Waals surface area contributed by atoms with Gasteiger partial charge in [-0.3, -0.25) is 18.6 Å². The van der Waals surface area contributed by atoms with Gasteiger partial charge < -0.3 is 24.6 Å². The number of carbonyl (C=O) groups is 2. The molecule has 0 aliphatic heterocycles. The molecule has 254 valence electrons. The van der Waals surface area contributed by atoms with E-state index >= 15 is 0 Å². The number of rotatable bonds is 31. The maximum absolute atomic E-state index is 12.4. The molecule has 0 aromatic rings. The first-order chi connectivity index (χ1) is 20.7. The maximum atomic E-state index is 12.4. The molecule has 0 aromatic carbocycles. The van der Waals surface area contributed by atoms with Gasteiger partial charge in [0.15, 0.2) is 6.10 Å². The van der Waals surface area contributed by atoms with Crippen molar-refractivity contribution in [3.05, 3.63) is 12.2 Å². The molecule has 0 aliphatic rings. The lowest BCUT2D eigenvalue weighted by molar-refractivity contribution is -0.161. The van der Waals surface area contributed by atoms with Crippen LogP contribution in [0.4, 0.5) is 0 Å². The van der Waals surface area contributed by atoms with Gasteiger partial charge in [-0.25, -0.2) is 4.57 Å². The summed E-state index contributed by atoms with van der Waals surface area (Å²) in [5.41, 5.74) is 0. The summed E-state index contributed by atoms with van der Waals surface area (Å²) in [6.45, 7) is 2.27. The van der Waals surface area contributed by atoms with E-state index in [0.717, 1.165) is 57.8 Å². The van der Waals surface area contributed by atoms with Crippen LogP contribution in [0.15, 0.2) is 12.2 Å². The van der Waals surface area contributed by atoms with Gasteiger partial charge in [0.2, 0.25) is 0 Å². The standard InChI is InChI=1S/C32H61O10P/c1-3-5-7-9-11-13-14-16-18-20-22-24-32(36)42-30(28-41-43(37,38)40-26-29(34)25-33)27-39-31(35)23-21-19-17-15-12-10-8-6-4-2/h9,11,29-30,33-34H,3-8,10,12-28H2,1-2H3,(H,37,38)/b11-9-/t29-,30+/m0/s1. The van der Waals surface area contributed by atoms with Crippen molar-refractivity contribution >= 4 is 19.8 Å². The highest BCUT2D eigenvalue weighted by Crippen LogP contribution is 2.43. The molecular formula is C32H61O10P. The lowest BCUT2D eigenvalue weighted by atomic mass is 10.1. The van der Waals surface area contributed by atoms with Gasteiger partial charge >= 0.3 is 19.8 Å². The Labute approximate surface area is 260 Å². The van der Waals surface area contributed by atoms with E-state index in [1.54, 1.807) is 0 Å². The van der Waals surface area contributed by atoms with E-state index < -0.39 is 51.8 Å². The van der Waals surface area contributed by atoms with E-state index in [2.05, 4.69) is 30.5 Å². The summed E-state index contributed by atoms with van der Waals surface area (Å²) < 4.78 is 32.4. The van der Waals surface area contributed by atoms with Crippen molar-refractivity contribution in [2.75, 3.05) is 26.4 Å². The summed E-state index contributed by atoms with van der Waals surface area (Å²) in [6, 6.07) is 0. The van der Waals surface area contributed by atoms with Gasteiger partial charge in [0.05, 0.1) is 19.8 Å². The highest BCUT2D eigenvalue weighted by atomic mass is 31.2.